The molecule has 2 aromatic rings. The van der Waals surface area contributed by atoms with Crippen LogP contribution in [0, 0.1) is 0 Å². The Hall–Kier alpha value is -2.62. The fraction of sp³-hybridized carbons (Fsp3) is 0.125. The van der Waals surface area contributed by atoms with E-state index in [-0.39, 0.29) is 12.2 Å². The van der Waals surface area contributed by atoms with E-state index in [1.807, 2.05) is 24.3 Å². The van der Waals surface area contributed by atoms with E-state index < -0.39 is 6.09 Å². The number of amides is 1. The van der Waals surface area contributed by atoms with Crippen molar-refractivity contribution in [3.63, 3.8) is 0 Å². The maximum Gasteiger partial charge on any atom is 0.418 e. The van der Waals surface area contributed by atoms with Gasteiger partial charge in [-0.25, -0.2) is 9.69 Å². The second kappa shape index (κ2) is 4.81. The molecule has 1 amide bonds. The van der Waals surface area contributed by atoms with E-state index in [4.69, 9.17) is 4.74 Å². The van der Waals surface area contributed by atoms with Crippen molar-refractivity contribution in [2.45, 2.75) is 6.42 Å². The predicted molar refractivity (Wildman–Crippen MR) is 75.5 cm³/mol. The Labute approximate surface area is 116 Å². The summed E-state index contributed by atoms with van der Waals surface area (Å²) >= 11 is 0. The molecule has 0 bridgehead atoms. The van der Waals surface area contributed by atoms with Gasteiger partial charge in [0.2, 0.25) is 0 Å². The molecule has 4 nitrogen and oxygen atoms in total. The molecule has 0 aliphatic carbocycles. The van der Waals surface area contributed by atoms with Gasteiger partial charge in [0.1, 0.15) is 0 Å². The number of nitrogens with zero attached hydrogens (tertiary/aromatic N) is 1. The van der Waals surface area contributed by atoms with Crippen LogP contribution in [0.4, 0.5) is 16.2 Å². The third kappa shape index (κ3) is 1.86. The number of fused-ring (bicyclic) bond motifs is 2. The van der Waals surface area contributed by atoms with Crippen LogP contribution in [-0.2, 0) is 11.2 Å². The van der Waals surface area contributed by atoms with E-state index in [0.29, 0.717) is 16.9 Å². The molecule has 1 heterocycles. The van der Waals surface area contributed by atoms with Crippen LogP contribution >= 0.6 is 0 Å². The molecule has 0 spiro atoms. The van der Waals surface area contributed by atoms with Crippen LogP contribution in [0.25, 0.3) is 0 Å². The van der Waals surface area contributed by atoms with Crippen molar-refractivity contribution in [2.75, 3.05) is 12.0 Å². The molecule has 100 valence electrons. The number of ether oxygens (including phenoxy) is 1. The Bertz CT molecular complexity index is 694. The maximum absolute atomic E-state index is 12.3. The molecular formula is C16H13NO3. The Balaban J connectivity index is 2.29. The summed E-state index contributed by atoms with van der Waals surface area (Å²) in [6, 6.07) is 14.5. The number of carbonyl (C=O) groups is 2. The molecule has 0 saturated heterocycles. The molecule has 20 heavy (non-hydrogen) atoms. The van der Waals surface area contributed by atoms with Crippen LogP contribution in [-0.4, -0.2) is 19.0 Å². The number of Topliss-reactive ketones (excluding diaryl/α,β-unsaturated/α-hetero) is 1. The van der Waals surface area contributed by atoms with Crippen molar-refractivity contribution < 1.29 is 14.3 Å². The van der Waals surface area contributed by atoms with E-state index >= 15 is 0 Å². The van der Waals surface area contributed by atoms with E-state index in [1.54, 1.807) is 24.3 Å². The Morgan fingerprint density at radius 2 is 1.70 bits per heavy atom. The smallest absolute Gasteiger partial charge is 0.418 e. The highest BCUT2D eigenvalue weighted by molar-refractivity contribution is 6.10. The quantitative estimate of drug-likeness (QED) is 0.735. The number of anilines is 2. The topological polar surface area (TPSA) is 46.6 Å². The number of rotatable bonds is 0. The molecule has 0 atom stereocenters. The molecule has 0 fully saturated rings. The monoisotopic (exact) mass is 267 g/mol. The predicted octanol–water partition coefficient (Wildman–Crippen LogP) is 3.33. The van der Waals surface area contributed by atoms with E-state index in [2.05, 4.69) is 0 Å². The van der Waals surface area contributed by atoms with Gasteiger partial charge in [0.05, 0.1) is 18.5 Å². The number of carbonyl (C=O) groups excluding carboxylic acids is 2. The zero-order valence-electron chi connectivity index (χ0n) is 11.0. The minimum atomic E-state index is -0.500. The lowest BCUT2D eigenvalue weighted by atomic mass is 10.0. The van der Waals surface area contributed by atoms with Gasteiger partial charge in [-0.3, -0.25) is 4.79 Å². The normalized spacial score (nSPS) is 13.2. The zero-order chi connectivity index (χ0) is 14.1. The number of benzene rings is 2. The van der Waals surface area contributed by atoms with Crippen LogP contribution in [0.3, 0.4) is 0 Å². The van der Waals surface area contributed by atoms with E-state index in [1.165, 1.54) is 12.0 Å². The largest absolute Gasteiger partial charge is 0.452 e. The molecule has 1 aliphatic heterocycles. The Morgan fingerprint density at radius 1 is 1.05 bits per heavy atom. The van der Waals surface area contributed by atoms with E-state index in [0.717, 1.165) is 5.56 Å². The molecule has 0 N–H and O–H groups in total. The fourth-order valence-electron chi connectivity index (χ4n) is 2.47. The number of methoxy groups -OCH3 is 1. The molecule has 1 aliphatic rings. The molecular weight excluding hydrogens is 254 g/mol. The number of para-hydroxylation sites is 2. The van der Waals surface area contributed by atoms with Crippen LogP contribution in [0.15, 0.2) is 48.5 Å². The highest BCUT2D eigenvalue weighted by Gasteiger charge is 2.29. The minimum Gasteiger partial charge on any atom is -0.452 e. The molecule has 0 saturated carbocycles. The summed E-state index contributed by atoms with van der Waals surface area (Å²) in [5.74, 6) is -0.000506. The number of hydrogen-bond donors (Lipinski definition) is 0. The third-order valence-electron chi connectivity index (χ3n) is 3.39. The highest BCUT2D eigenvalue weighted by Crippen LogP contribution is 2.36. The molecule has 4 heteroatoms. The van der Waals surface area contributed by atoms with Gasteiger partial charge in [-0.1, -0.05) is 30.3 Å². The Morgan fingerprint density at radius 3 is 2.45 bits per heavy atom. The molecule has 0 aromatic heterocycles. The minimum absolute atomic E-state index is 0.000506. The van der Waals surface area contributed by atoms with Crippen LogP contribution in [0.1, 0.15) is 15.9 Å². The van der Waals surface area contributed by atoms with Gasteiger partial charge in [-0.15, -0.1) is 0 Å². The van der Waals surface area contributed by atoms with Crippen molar-refractivity contribution in [2.24, 2.45) is 0 Å². The fourth-order valence-corrected chi connectivity index (χ4v) is 2.47. The number of ketones is 1. The van der Waals surface area contributed by atoms with Crippen molar-refractivity contribution in [3.05, 3.63) is 59.7 Å². The lowest BCUT2D eigenvalue weighted by Gasteiger charge is -2.22. The van der Waals surface area contributed by atoms with Crippen LogP contribution in [0.2, 0.25) is 0 Å². The van der Waals surface area contributed by atoms with E-state index in [9.17, 15) is 9.59 Å². The van der Waals surface area contributed by atoms with Crippen molar-refractivity contribution >= 4 is 23.3 Å². The third-order valence-corrected chi connectivity index (χ3v) is 3.39. The van der Waals surface area contributed by atoms with Crippen LogP contribution in [0.5, 0.6) is 0 Å². The molecule has 3 rings (SSSR count). The van der Waals surface area contributed by atoms with Gasteiger partial charge < -0.3 is 4.74 Å². The van der Waals surface area contributed by atoms with Gasteiger partial charge in [-0.2, -0.15) is 0 Å². The first kappa shape index (κ1) is 12.4. The van der Waals surface area contributed by atoms with Gasteiger partial charge >= 0.3 is 6.09 Å². The average molecular weight is 267 g/mol. The lowest BCUT2D eigenvalue weighted by molar-refractivity contribution is 0.0994. The van der Waals surface area contributed by atoms with Crippen LogP contribution < -0.4 is 4.90 Å². The summed E-state index contributed by atoms with van der Waals surface area (Å²) in [5, 5.41) is 0. The molecule has 0 unspecified atom stereocenters. The summed E-state index contributed by atoms with van der Waals surface area (Å²) in [6.07, 6.45) is -0.222. The highest BCUT2D eigenvalue weighted by atomic mass is 16.5. The lowest BCUT2D eigenvalue weighted by Crippen LogP contribution is -2.26. The summed E-state index contributed by atoms with van der Waals surface area (Å²) in [6.45, 7) is 0. The first-order chi connectivity index (χ1) is 9.72. The standard InChI is InChI=1S/C16H13NO3/c1-20-16(19)17-13-8-4-2-6-11(13)10-15(18)12-7-3-5-9-14(12)17/h2-9H,10H2,1H3. The average Bonchev–Trinajstić information content (AvgIpc) is 2.61. The number of hydrogen-bond acceptors (Lipinski definition) is 3. The van der Waals surface area contributed by atoms with Gasteiger partial charge in [0, 0.05) is 12.0 Å². The van der Waals surface area contributed by atoms with Gasteiger partial charge in [0.25, 0.3) is 0 Å². The summed E-state index contributed by atoms with van der Waals surface area (Å²) in [7, 11) is 1.33. The second-order valence-corrected chi connectivity index (χ2v) is 4.55. The second-order valence-electron chi connectivity index (χ2n) is 4.55. The van der Waals surface area contributed by atoms with Gasteiger partial charge in [-0.05, 0) is 23.8 Å². The van der Waals surface area contributed by atoms with Crippen molar-refractivity contribution in [1.82, 2.24) is 0 Å². The summed E-state index contributed by atoms with van der Waals surface area (Å²) in [5.41, 5.74) is 2.61. The first-order valence-electron chi connectivity index (χ1n) is 6.30. The molecule has 2 aromatic carbocycles. The van der Waals surface area contributed by atoms with Gasteiger partial charge in [0.15, 0.2) is 5.78 Å². The Kier molecular flexibility index (Phi) is 2.99. The SMILES string of the molecule is COC(=O)N1c2ccccc2CC(=O)c2ccccc21. The maximum atomic E-state index is 12.3. The van der Waals surface area contributed by atoms with Crippen molar-refractivity contribution in [3.8, 4) is 0 Å². The summed E-state index contributed by atoms with van der Waals surface area (Å²) < 4.78 is 4.87. The first-order valence-corrected chi connectivity index (χ1v) is 6.30. The van der Waals surface area contributed by atoms with Crippen molar-refractivity contribution in [1.29, 1.82) is 0 Å². The summed E-state index contributed by atoms with van der Waals surface area (Å²) in [4.78, 5) is 25.9. The zero-order valence-corrected chi connectivity index (χ0v) is 11.0. The molecule has 0 radical (unpaired) electrons.